The Kier molecular flexibility index (Phi) is 4.27. The van der Waals surface area contributed by atoms with Crippen LogP contribution < -0.4 is 11.4 Å². The summed E-state index contributed by atoms with van der Waals surface area (Å²) < 4.78 is 7.50. The van der Waals surface area contributed by atoms with E-state index in [-0.39, 0.29) is 18.0 Å². The van der Waals surface area contributed by atoms with Crippen molar-refractivity contribution in [1.29, 1.82) is 0 Å². The summed E-state index contributed by atoms with van der Waals surface area (Å²) in [4.78, 5) is 18.5. The van der Waals surface area contributed by atoms with E-state index < -0.39 is 5.69 Å². The van der Waals surface area contributed by atoms with Gasteiger partial charge in [0, 0.05) is 26.9 Å². The normalized spacial score (nSPS) is 16.0. The van der Waals surface area contributed by atoms with Gasteiger partial charge in [-0.25, -0.2) is 4.79 Å². The van der Waals surface area contributed by atoms with Gasteiger partial charge in [0.25, 0.3) is 0 Å². The van der Waals surface area contributed by atoms with Gasteiger partial charge in [-0.2, -0.15) is 4.98 Å². The van der Waals surface area contributed by atoms with Gasteiger partial charge in [0.1, 0.15) is 10.6 Å². The molecule has 1 aliphatic rings. The highest BCUT2D eigenvalue weighted by atomic mass is 35.5. The summed E-state index contributed by atoms with van der Waals surface area (Å²) >= 11 is 14.1. The molecule has 3 heterocycles. The maximum atomic E-state index is 12.6. The molecule has 1 aliphatic heterocycles. The molecule has 0 atom stereocenters. The molecule has 0 unspecified atom stereocenters. The Morgan fingerprint density at radius 2 is 2.04 bits per heavy atom. The number of nitrogens with two attached hydrogens (primary N) is 1. The van der Waals surface area contributed by atoms with Gasteiger partial charge in [-0.3, -0.25) is 4.57 Å². The Balaban J connectivity index is 1.94. The molecular weight excluding hydrogens is 393 g/mol. The summed E-state index contributed by atoms with van der Waals surface area (Å²) in [6.45, 7) is 4.83. The molecule has 2 aromatic heterocycles. The molecule has 136 valence electrons. The van der Waals surface area contributed by atoms with Gasteiger partial charge in [-0.1, -0.05) is 29.3 Å². The largest absolute Gasteiger partial charge is 0.383 e. The smallest absolute Gasteiger partial charge is 0.350 e. The molecule has 26 heavy (non-hydrogen) atoms. The number of hydrogen-bond acceptors (Lipinski definition) is 5. The standard InChI is InChI=1S/C18H17Cl2N3O2S/c1-18(2)6-9-13(8-25-18)26-16-14(9)15(21)22-17(24)23(16)7-10-11(19)4-3-5-12(10)20/h3-5H,6-8H2,1-2H3,(H2,21,22,24). The van der Waals surface area contributed by atoms with Crippen molar-refractivity contribution >= 4 is 50.6 Å². The van der Waals surface area contributed by atoms with Gasteiger partial charge in [0.2, 0.25) is 0 Å². The van der Waals surface area contributed by atoms with E-state index in [9.17, 15) is 4.79 Å². The number of ether oxygens (including phenoxy) is 1. The number of aromatic nitrogens is 2. The van der Waals surface area contributed by atoms with Crippen LogP contribution in [-0.2, 0) is 24.3 Å². The molecule has 0 saturated carbocycles. The van der Waals surface area contributed by atoms with Crippen LogP contribution in [0.3, 0.4) is 0 Å². The van der Waals surface area contributed by atoms with Crippen molar-refractivity contribution in [3.8, 4) is 0 Å². The van der Waals surface area contributed by atoms with Crippen molar-refractivity contribution in [3.63, 3.8) is 0 Å². The minimum Gasteiger partial charge on any atom is -0.383 e. The zero-order chi connectivity index (χ0) is 18.6. The third-order valence-corrected chi connectivity index (χ3v) is 6.53. The molecule has 0 bridgehead atoms. The van der Waals surface area contributed by atoms with Gasteiger partial charge in [-0.15, -0.1) is 11.3 Å². The molecule has 4 rings (SSSR count). The fourth-order valence-electron chi connectivity index (χ4n) is 3.28. The second kappa shape index (κ2) is 6.23. The van der Waals surface area contributed by atoms with E-state index in [4.69, 9.17) is 33.7 Å². The van der Waals surface area contributed by atoms with Gasteiger partial charge in [0.15, 0.2) is 0 Å². The SMILES string of the molecule is CC1(C)Cc2c(sc3c2c(N)nc(=O)n3Cc2c(Cl)cccc2Cl)CO1. The van der Waals surface area contributed by atoms with Gasteiger partial charge in [0.05, 0.1) is 24.1 Å². The predicted molar refractivity (Wildman–Crippen MR) is 106 cm³/mol. The van der Waals surface area contributed by atoms with Crippen LogP contribution in [0.15, 0.2) is 23.0 Å². The number of benzene rings is 1. The second-order valence-corrected chi connectivity index (χ2v) is 8.87. The third-order valence-electron chi connectivity index (χ3n) is 4.59. The highest BCUT2D eigenvalue weighted by molar-refractivity contribution is 7.19. The van der Waals surface area contributed by atoms with Crippen LogP contribution in [0.1, 0.15) is 29.9 Å². The lowest BCUT2D eigenvalue weighted by atomic mass is 9.94. The molecule has 0 saturated heterocycles. The maximum absolute atomic E-state index is 12.6. The first kappa shape index (κ1) is 17.8. The van der Waals surface area contributed by atoms with Crippen LogP contribution >= 0.6 is 34.5 Å². The van der Waals surface area contributed by atoms with E-state index in [2.05, 4.69) is 4.98 Å². The van der Waals surface area contributed by atoms with E-state index >= 15 is 0 Å². The Morgan fingerprint density at radius 1 is 1.35 bits per heavy atom. The Hall–Kier alpha value is -1.60. The van der Waals surface area contributed by atoms with E-state index in [0.29, 0.717) is 22.2 Å². The fourth-order valence-corrected chi connectivity index (χ4v) is 5.03. The molecule has 5 nitrogen and oxygen atoms in total. The van der Waals surface area contributed by atoms with Crippen molar-refractivity contribution in [2.24, 2.45) is 0 Å². The monoisotopic (exact) mass is 409 g/mol. The first-order valence-corrected chi connectivity index (χ1v) is 9.71. The number of fused-ring (bicyclic) bond motifs is 3. The van der Waals surface area contributed by atoms with Crippen LogP contribution in [0.25, 0.3) is 10.2 Å². The molecule has 0 fully saturated rings. The lowest BCUT2D eigenvalue weighted by Gasteiger charge is -2.30. The number of nitrogens with zero attached hydrogens (tertiary/aromatic N) is 2. The Labute approximate surface area is 164 Å². The minimum absolute atomic E-state index is 0.241. The van der Waals surface area contributed by atoms with Crippen LogP contribution in [0.4, 0.5) is 5.82 Å². The van der Waals surface area contributed by atoms with E-state index in [0.717, 1.165) is 27.1 Å². The molecular formula is C18H17Cl2N3O2S. The topological polar surface area (TPSA) is 70.1 Å². The van der Waals surface area contributed by atoms with Crippen molar-refractivity contribution < 1.29 is 4.74 Å². The zero-order valence-electron chi connectivity index (χ0n) is 14.3. The van der Waals surface area contributed by atoms with E-state index in [1.165, 1.54) is 11.3 Å². The first-order valence-electron chi connectivity index (χ1n) is 8.14. The Morgan fingerprint density at radius 3 is 2.73 bits per heavy atom. The highest BCUT2D eigenvalue weighted by Crippen LogP contribution is 2.40. The van der Waals surface area contributed by atoms with Crippen LogP contribution in [0.5, 0.6) is 0 Å². The summed E-state index contributed by atoms with van der Waals surface area (Å²) in [6.07, 6.45) is 0.721. The number of rotatable bonds is 2. The van der Waals surface area contributed by atoms with Crippen molar-refractivity contribution in [2.45, 2.75) is 39.0 Å². The molecule has 0 aliphatic carbocycles. The highest BCUT2D eigenvalue weighted by Gasteiger charge is 2.31. The van der Waals surface area contributed by atoms with Crippen molar-refractivity contribution in [3.05, 3.63) is 54.7 Å². The Bertz CT molecular complexity index is 1070. The molecule has 0 amide bonds. The molecule has 8 heteroatoms. The number of halogens is 2. The molecule has 1 aromatic carbocycles. The predicted octanol–water partition coefficient (Wildman–Crippen LogP) is 4.25. The lowest BCUT2D eigenvalue weighted by molar-refractivity contribution is -0.0379. The second-order valence-electron chi connectivity index (χ2n) is 6.98. The number of thiophene rings is 1. The quantitative estimate of drug-likeness (QED) is 0.686. The summed E-state index contributed by atoms with van der Waals surface area (Å²) in [5.41, 5.74) is 7.24. The van der Waals surface area contributed by atoms with Crippen LogP contribution in [0.2, 0.25) is 10.0 Å². The number of hydrogen-bond donors (Lipinski definition) is 1. The van der Waals surface area contributed by atoms with E-state index in [1.807, 2.05) is 13.8 Å². The van der Waals surface area contributed by atoms with Crippen LogP contribution in [0, 0.1) is 0 Å². The summed E-state index contributed by atoms with van der Waals surface area (Å²) in [5.74, 6) is 0.265. The molecule has 3 aromatic rings. The summed E-state index contributed by atoms with van der Waals surface area (Å²) in [7, 11) is 0. The number of nitrogen functional groups attached to an aromatic ring is 1. The first-order chi connectivity index (χ1) is 12.3. The zero-order valence-corrected chi connectivity index (χ0v) is 16.6. The van der Waals surface area contributed by atoms with Gasteiger partial charge in [-0.05, 0) is 31.5 Å². The van der Waals surface area contributed by atoms with Crippen LogP contribution in [-0.4, -0.2) is 15.2 Å². The fraction of sp³-hybridized carbons (Fsp3) is 0.333. The average Bonchev–Trinajstić information content (AvgIpc) is 2.91. The summed E-state index contributed by atoms with van der Waals surface area (Å²) in [5, 5.41) is 1.87. The van der Waals surface area contributed by atoms with Gasteiger partial charge < -0.3 is 10.5 Å². The number of anilines is 1. The molecule has 0 radical (unpaired) electrons. The summed E-state index contributed by atoms with van der Waals surface area (Å²) in [6, 6.07) is 5.29. The third kappa shape index (κ3) is 2.91. The van der Waals surface area contributed by atoms with Gasteiger partial charge >= 0.3 is 5.69 Å². The van der Waals surface area contributed by atoms with Crippen molar-refractivity contribution in [2.75, 3.05) is 5.73 Å². The van der Waals surface area contributed by atoms with E-state index in [1.54, 1.807) is 22.8 Å². The van der Waals surface area contributed by atoms with Crippen molar-refractivity contribution in [1.82, 2.24) is 9.55 Å². The maximum Gasteiger partial charge on any atom is 0.350 e. The minimum atomic E-state index is -0.412. The molecule has 0 spiro atoms. The molecule has 2 N–H and O–H groups in total. The average molecular weight is 410 g/mol. The lowest BCUT2D eigenvalue weighted by Crippen LogP contribution is -2.31.